The topological polar surface area (TPSA) is 86.8 Å². The molecule has 0 bridgehead atoms. The number of thiophene rings is 1. The highest BCUT2D eigenvalue weighted by Gasteiger charge is 2.16. The van der Waals surface area contributed by atoms with Gasteiger partial charge in [-0.1, -0.05) is 18.2 Å². The Labute approximate surface area is 197 Å². The van der Waals surface area contributed by atoms with Crippen LogP contribution in [0, 0.1) is 0 Å². The lowest BCUT2D eigenvalue weighted by Crippen LogP contribution is -2.12. The van der Waals surface area contributed by atoms with Gasteiger partial charge in [-0.3, -0.25) is 14.6 Å². The molecule has 0 aliphatic rings. The molecular weight excluding hydrogens is 440 g/mol. The van der Waals surface area contributed by atoms with Gasteiger partial charge in [0, 0.05) is 18.2 Å². The molecule has 0 spiro atoms. The third-order valence-electron chi connectivity index (χ3n) is 4.70. The fourth-order valence-electron chi connectivity index (χ4n) is 3.08. The summed E-state index contributed by atoms with van der Waals surface area (Å²) in [6.07, 6.45) is 6.21. The van der Waals surface area contributed by atoms with Crippen LogP contribution in [0.25, 0.3) is 0 Å². The molecule has 2 heterocycles. The summed E-state index contributed by atoms with van der Waals surface area (Å²) in [5.74, 6) is 0.887. The molecule has 1 amide bonds. The molecule has 0 unspecified atom stereocenters. The summed E-state index contributed by atoms with van der Waals surface area (Å²) in [5.41, 5.74) is 1.52. The van der Waals surface area contributed by atoms with Crippen LogP contribution in [0.5, 0.6) is 11.5 Å². The van der Waals surface area contributed by atoms with Gasteiger partial charge >= 0.3 is 5.97 Å². The standard InChI is InChI=1S/C25H28N2O5S/c1-2-30-23(28)12-4-3-7-15-31-21-11-6-5-9-19(21)18-32-22-13-16-33-24(22)25(29)27-20-10-8-14-26-17-20/h5-6,8-11,13-14,16-17H,2-4,7,12,15,18H2,1H3,(H,27,29). The summed E-state index contributed by atoms with van der Waals surface area (Å²) in [6, 6.07) is 13.0. The van der Waals surface area contributed by atoms with Gasteiger partial charge in [-0.15, -0.1) is 11.3 Å². The largest absolute Gasteiger partial charge is 0.493 e. The van der Waals surface area contributed by atoms with E-state index in [-0.39, 0.29) is 18.5 Å². The molecule has 174 valence electrons. The van der Waals surface area contributed by atoms with Crippen LogP contribution in [0.1, 0.15) is 47.8 Å². The zero-order valence-electron chi connectivity index (χ0n) is 18.6. The van der Waals surface area contributed by atoms with Crippen LogP contribution in [0.2, 0.25) is 0 Å². The van der Waals surface area contributed by atoms with Crippen LogP contribution in [-0.4, -0.2) is 30.1 Å². The van der Waals surface area contributed by atoms with Gasteiger partial charge in [-0.25, -0.2) is 0 Å². The maximum Gasteiger partial charge on any atom is 0.305 e. The first-order valence-corrected chi connectivity index (χ1v) is 11.8. The molecule has 8 heteroatoms. The Kier molecular flexibility index (Phi) is 9.72. The monoisotopic (exact) mass is 468 g/mol. The van der Waals surface area contributed by atoms with Gasteiger partial charge in [-0.05, 0) is 55.8 Å². The molecule has 0 atom stereocenters. The highest BCUT2D eigenvalue weighted by Crippen LogP contribution is 2.28. The second kappa shape index (κ2) is 13.2. The fourth-order valence-corrected chi connectivity index (χ4v) is 3.81. The molecule has 33 heavy (non-hydrogen) atoms. The van der Waals surface area contributed by atoms with Crippen LogP contribution in [0.3, 0.4) is 0 Å². The van der Waals surface area contributed by atoms with Crippen molar-refractivity contribution in [2.45, 2.75) is 39.2 Å². The van der Waals surface area contributed by atoms with Gasteiger partial charge in [-0.2, -0.15) is 0 Å². The lowest BCUT2D eigenvalue weighted by atomic mass is 10.2. The quantitative estimate of drug-likeness (QED) is 0.264. The number of rotatable bonds is 13. The number of carbonyl (C=O) groups excluding carboxylic acids is 2. The van der Waals surface area contributed by atoms with Crippen molar-refractivity contribution in [2.75, 3.05) is 18.5 Å². The molecule has 0 aliphatic carbocycles. The van der Waals surface area contributed by atoms with Crippen molar-refractivity contribution in [3.05, 3.63) is 70.7 Å². The first-order valence-electron chi connectivity index (χ1n) is 11.0. The normalized spacial score (nSPS) is 10.5. The SMILES string of the molecule is CCOC(=O)CCCCCOc1ccccc1COc1ccsc1C(=O)Nc1cccnc1. The van der Waals surface area contributed by atoms with Crippen molar-refractivity contribution >= 4 is 28.9 Å². The summed E-state index contributed by atoms with van der Waals surface area (Å²) in [5, 5.41) is 4.65. The van der Waals surface area contributed by atoms with Crippen LogP contribution >= 0.6 is 11.3 Å². The predicted molar refractivity (Wildman–Crippen MR) is 128 cm³/mol. The number of pyridine rings is 1. The third-order valence-corrected chi connectivity index (χ3v) is 5.59. The number of nitrogens with zero attached hydrogens (tertiary/aromatic N) is 1. The maximum atomic E-state index is 12.6. The summed E-state index contributed by atoms with van der Waals surface area (Å²) >= 11 is 1.32. The Bertz CT molecular complexity index is 1020. The van der Waals surface area contributed by atoms with Gasteiger partial charge in [0.15, 0.2) is 0 Å². The van der Waals surface area contributed by atoms with E-state index in [1.165, 1.54) is 11.3 Å². The van der Waals surface area contributed by atoms with E-state index in [1.54, 1.807) is 30.6 Å². The molecule has 0 aliphatic heterocycles. The number of benzene rings is 1. The molecule has 1 N–H and O–H groups in total. The predicted octanol–water partition coefficient (Wildman–Crippen LogP) is 5.48. The van der Waals surface area contributed by atoms with Gasteiger partial charge in [0.05, 0.1) is 25.1 Å². The highest BCUT2D eigenvalue weighted by atomic mass is 32.1. The number of carbonyl (C=O) groups is 2. The average molecular weight is 469 g/mol. The van der Waals surface area contributed by atoms with Crippen LogP contribution in [0.4, 0.5) is 5.69 Å². The molecule has 0 fully saturated rings. The van der Waals surface area contributed by atoms with E-state index in [2.05, 4.69) is 10.3 Å². The van der Waals surface area contributed by atoms with E-state index < -0.39 is 0 Å². The second-order valence-corrected chi connectivity index (χ2v) is 8.09. The van der Waals surface area contributed by atoms with Gasteiger partial charge in [0.1, 0.15) is 23.0 Å². The minimum Gasteiger partial charge on any atom is -0.493 e. The zero-order chi connectivity index (χ0) is 23.3. The Hall–Kier alpha value is -3.39. The zero-order valence-corrected chi connectivity index (χ0v) is 19.4. The van der Waals surface area contributed by atoms with E-state index >= 15 is 0 Å². The van der Waals surface area contributed by atoms with Crippen LogP contribution in [0.15, 0.2) is 60.2 Å². The fraction of sp³-hybridized carbons (Fsp3) is 0.320. The van der Waals surface area contributed by atoms with Crippen molar-refractivity contribution in [3.8, 4) is 11.5 Å². The Morgan fingerprint density at radius 1 is 1.00 bits per heavy atom. The minimum absolute atomic E-state index is 0.150. The molecule has 0 saturated carbocycles. The van der Waals surface area contributed by atoms with E-state index in [1.807, 2.05) is 36.6 Å². The summed E-state index contributed by atoms with van der Waals surface area (Å²) in [7, 11) is 0. The number of nitrogens with one attached hydrogen (secondary N) is 1. The molecule has 7 nitrogen and oxygen atoms in total. The molecule has 1 aromatic carbocycles. The number of para-hydroxylation sites is 1. The van der Waals surface area contributed by atoms with Crippen molar-refractivity contribution in [2.24, 2.45) is 0 Å². The second-order valence-electron chi connectivity index (χ2n) is 7.17. The summed E-state index contributed by atoms with van der Waals surface area (Å²) in [4.78, 5) is 28.5. The number of hydrogen-bond acceptors (Lipinski definition) is 7. The summed E-state index contributed by atoms with van der Waals surface area (Å²) in [6.45, 7) is 3.06. The number of amides is 1. The number of unbranched alkanes of at least 4 members (excludes halogenated alkanes) is 2. The van der Waals surface area contributed by atoms with Crippen LogP contribution < -0.4 is 14.8 Å². The lowest BCUT2D eigenvalue weighted by molar-refractivity contribution is -0.143. The Morgan fingerprint density at radius 3 is 2.70 bits per heavy atom. The first-order chi connectivity index (χ1) is 16.2. The first kappa shape index (κ1) is 24.3. The molecule has 3 aromatic rings. The number of hydrogen-bond donors (Lipinski definition) is 1. The molecule has 0 radical (unpaired) electrons. The summed E-state index contributed by atoms with van der Waals surface area (Å²) < 4.78 is 16.8. The van der Waals surface area contributed by atoms with E-state index in [4.69, 9.17) is 14.2 Å². The smallest absolute Gasteiger partial charge is 0.305 e. The van der Waals surface area contributed by atoms with Gasteiger partial charge in [0.2, 0.25) is 0 Å². The number of ether oxygens (including phenoxy) is 3. The molecule has 3 rings (SSSR count). The van der Waals surface area contributed by atoms with Crippen molar-refractivity contribution in [1.82, 2.24) is 4.98 Å². The number of aromatic nitrogens is 1. The molecular formula is C25H28N2O5S. The highest BCUT2D eigenvalue weighted by molar-refractivity contribution is 7.12. The van der Waals surface area contributed by atoms with E-state index in [0.717, 1.165) is 30.6 Å². The van der Waals surface area contributed by atoms with Gasteiger partial charge < -0.3 is 19.5 Å². The van der Waals surface area contributed by atoms with Crippen molar-refractivity contribution < 1.29 is 23.8 Å². The number of esters is 1. The molecule has 2 aromatic heterocycles. The van der Waals surface area contributed by atoms with Gasteiger partial charge in [0.25, 0.3) is 5.91 Å². The third kappa shape index (κ3) is 7.91. The Morgan fingerprint density at radius 2 is 1.88 bits per heavy atom. The van der Waals surface area contributed by atoms with Crippen molar-refractivity contribution in [3.63, 3.8) is 0 Å². The molecule has 0 saturated heterocycles. The van der Waals surface area contributed by atoms with Crippen LogP contribution in [-0.2, 0) is 16.1 Å². The minimum atomic E-state index is -0.236. The lowest BCUT2D eigenvalue weighted by Gasteiger charge is -2.13. The Balaban J connectivity index is 1.48. The average Bonchev–Trinajstić information content (AvgIpc) is 3.30. The maximum absolute atomic E-state index is 12.6. The van der Waals surface area contributed by atoms with E-state index in [9.17, 15) is 9.59 Å². The number of anilines is 1. The van der Waals surface area contributed by atoms with Crippen molar-refractivity contribution in [1.29, 1.82) is 0 Å². The van der Waals surface area contributed by atoms with E-state index in [0.29, 0.717) is 35.9 Å².